The highest BCUT2D eigenvalue weighted by atomic mass is 19.1. The van der Waals surface area contributed by atoms with Gasteiger partial charge in [-0.3, -0.25) is 14.7 Å². The molecule has 0 fully saturated rings. The topological polar surface area (TPSA) is 66.1 Å². The average Bonchev–Trinajstić information content (AvgIpc) is 2.99. The van der Waals surface area contributed by atoms with E-state index in [4.69, 9.17) is 0 Å². The number of nitrogens with one attached hydrogen (secondary N) is 1. The van der Waals surface area contributed by atoms with Crippen LogP contribution in [-0.2, 0) is 0 Å². The van der Waals surface area contributed by atoms with E-state index in [0.29, 0.717) is 27.7 Å². The van der Waals surface area contributed by atoms with Crippen LogP contribution in [0, 0.1) is 12.7 Å². The Morgan fingerprint density at radius 1 is 1.09 bits per heavy atom. The minimum Gasteiger partial charge on any atom is -0.282 e. The van der Waals surface area contributed by atoms with Crippen molar-refractivity contribution in [1.82, 2.24) is 10.2 Å². The third-order valence-electron chi connectivity index (χ3n) is 3.83. The van der Waals surface area contributed by atoms with E-state index in [9.17, 15) is 14.0 Å². The summed E-state index contributed by atoms with van der Waals surface area (Å²) in [6.45, 7) is 1.71. The van der Waals surface area contributed by atoms with E-state index in [1.807, 2.05) is 0 Å². The fourth-order valence-electron chi connectivity index (χ4n) is 2.79. The molecule has 1 aliphatic rings. The first kappa shape index (κ1) is 12.7. The number of hydrogen-bond acceptors (Lipinski definition) is 3. The predicted molar refractivity (Wildman–Crippen MR) is 78.4 cm³/mol. The molecule has 0 bridgehead atoms. The number of benzene rings is 2. The summed E-state index contributed by atoms with van der Waals surface area (Å²) in [4.78, 5) is 25.8. The fraction of sp³-hybridized carbons (Fsp3) is 0.0625. The minimum atomic E-state index is -0.518. The molecule has 0 atom stereocenters. The zero-order valence-corrected chi connectivity index (χ0v) is 11.6. The van der Waals surface area contributed by atoms with Crippen molar-refractivity contribution in [3.8, 4) is 0 Å². The standard InChI is InChI=1S/C16H10FN3O2/c1-8-14-12(17)6-9(7-13(14)19-18-8)20-15(21)10-4-2-3-5-11(10)16(20)22/h2-7H,1H3,(H,18,19). The van der Waals surface area contributed by atoms with E-state index >= 15 is 0 Å². The van der Waals surface area contributed by atoms with Gasteiger partial charge in [0.1, 0.15) is 5.82 Å². The van der Waals surface area contributed by atoms with E-state index in [1.165, 1.54) is 12.1 Å². The van der Waals surface area contributed by atoms with Gasteiger partial charge in [0.2, 0.25) is 0 Å². The van der Waals surface area contributed by atoms with Crippen molar-refractivity contribution in [2.24, 2.45) is 0 Å². The molecule has 22 heavy (non-hydrogen) atoms. The van der Waals surface area contributed by atoms with Crippen LogP contribution in [0.3, 0.4) is 0 Å². The molecule has 3 aromatic rings. The van der Waals surface area contributed by atoms with Crippen LogP contribution in [0.5, 0.6) is 0 Å². The SMILES string of the molecule is Cc1[nH]nc2cc(N3C(=O)c4ccccc4C3=O)cc(F)c12. The molecule has 6 heteroatoms. The molecular formula is C16H10FN3O2. The zero-order valence-electron chi connectivity index (χ0n) is 11.6. The molecule has 0 unspecified atom stereocenters. The van der Waals surface area contributed by atoms with Gasteiger partial charge in [-0.1, -0.05) is 12.1 Å². The summed E-state index contributed by atoms with van der Waals surface area (Å²) in [5, 5.41) is 7.05. The molecule has 108 valence electrons. The Morgan fingerprint density at radius 3 is 2.36 bits per heavy atom. The van der Waals surface area contributed by atoms with Crippen molar-refractivity contribution >= 4 is 28.4 Å². The normalized spacial score (nSPS) is 14.0. The molecule has 2 heterocycles. The number of aromatic nitrogens is 2. The van der Waals surface area contributed by atoms with E-state index in [-0.39, 0.29) is 5.69 Å². The molecule has 0 radical (unpaired) electrons. The molecule has 0 saturated carbocycles. The Hall–Kier alpha value is -3.02. The Balaban J connectivity index is 1.90. The number of fused-ring (bicyclic) bond motifs is 2. The van der Waals surface area contributed by atoms with Gasteiger partial charge in [-0.2, -0.15) is 5.10 Å². The van der Waals surface area contributed by atoms with Gasteiger partial charge in [-0.15, -0.1) is 0 Å². The Bertz CT molecular complexity index is 926. The van der Waals surface area contributed by atoms with Gasteiger partial charge >= 0.3 is 0 Å². The van der Waals surface area contributed by atoms with Gasteiger partial charge in [-0.05, 0) is 31.2 Å². The lowest BCUT2D eigenvalue weighted by Crippen LogP contribution is -2.29. The van der Waals surface area contributed by atoms with Crippen LogP contribution < -0.4 is 4.90 Å². The smallest absolute Gasteiger partial charge is 0.266 e. The summed E-state index contributed by atoms with van der Waals surface area (Å²) in [6.07, 6.45) is 0. The maximum atomic E-state index is 14.3. The number of amides is 2. The molecule has 0 saturated heterocycles. The number of imide groups is 1. The molecule has 2 aromatic carbocycles. The van der Waals surface area contributed by atoms with Crippen LogP contribution in [0.15, 0.2) is 36.4 Å². The van der Waals surface area contributed by atoms with Crippen LogP contribution in [-0.4, -0.2) is 22.0 Å². The first-order chi connectivity index (χ1) is 10.6. The highest BCUT2D eigenvalue weighted by Crippen LogP contribution is 2.31. The molecule has 0 spiro atoms. The van der Waals surface area contributed by atoms with Crippen molar-refractivity contribution in [2.45, 2.75) is 6.92 Å². The van der Waals surface area contributed by atoms with E-state index in [0.717, 1.165) is 4.90 Å². The number of rotatable bonds is 1. The summed E-state index contributed by atoms with van der Waals surface area (Å²) >= 11 is 0. The van der Waals surface area contributed by atoms with Crippen molar-refractivity contribution in [1.29, 1.82) is 0 Å². The second kappa shape index (κ2) is 4.24. The number of anilines is 1. The summed E-state index contributed by atoms with van der Waals surface area (Å²) < 4.78 is 14.3. The summed E-state index contributed by atoms with van der Waals surface area (Å²) in [5.41, 5.74) is 1.81. The third kappa shape index (κ3) is 1.54. The number of carbonyl (C=O) groups excluding carboxylic acids is 2. The quantitative estimate of drug-likeness (QED) is 0.702. The van der Waals surface area contributed by atoms with E-state index in [1.54, 1.807) is 31.2 Å². The van der Waals surface area contributed by atoms with Crippen LogP contribution in [0.4, 0.5) is 10.1 Å². The lowest BCUT2D eigenvalue weighted by Gasteiger charge is -2.14. The molecule has 4 rings (SSSR count). The number of carbonyl (C=O) groups is 2. The molecule has 0 aliphatic carbocycles. The number of aromatic amines is 1. The molecule has 1 aliphatic heterocycles. The number of H-pyrrole nitrogens is 1. The maximum Gasteiger partial charge on any atom is 0.266 e. The van der Waals surface area contributed by atoms with Gasteiger partial charge in [0.15, 0.2) is 0 Å². The van der Waals surface area contributed by atoms with Crippen LogP contribution in [0.1, 0.15) is 26.4 Å². The highest BCUT2D eigenvalue weighted by molar-refractivity contribution is 6.34. The van der Waals surface area contributed by atoms with E-state index < -0.39 is 17.6 Å². The fourth-order valence-corrected chi connectivity index (χ4v) is 2.79. The maximum absolute atomic E-state index is 14.3. The van der Waals surface area contributed by atoms with Gasteiger partial charge in [0.05, 0.1) is 27.7 Å². The first-order valence-electron chi connectivity index (χ1n) is 6.70. The third-order valence-corrected chi connectivity index (χ3v) is 3.83. The van der Waals surface area contributed by atoms with E-state index in [2.05, 4.69) is 10.2 Å². The van der Waals surface area contributed by atoms with Gasteiger partial charge < -0.3 is 0 Å². The van der Waals surface area contributed by atoms with Crippen LogP contribution >= 0.6 is 0 Å². The zero-order chi connectivity index (χ0) is 15.4. The van der Waals surface area contributed by atoms with Crippen molar-refractivity contribution < 1.29 is 14.0 Å². The lowest BCUT2D eigenvalue weighted by atomic mass is 10.1. The summed E-state index contributed by atoms with van der Waals surface area (Å²) in [5.74, 6) is -1.42. The van der Waals surface area contributed by atoms with Crippen LogP contribution in [0.25, 0.3) is 10.9 Å². The molecule has 1 aromatic heterocycles. The lowest BCUT2D eigenvalue weighted by molar-refractivity contribution is 0.0926. The molecular weight excluding hydrogens is 285 g/mol. The molecule has 5 nitrogen and oxygen atoms in total. The van der Waals surface area contributed by atoms with Crippen molar-refractivity contribution in [3.63, 3.8) is 0 Å². The first-order valence-corrected chi connectivity index (χ1v) is 6.70. The number of halogens is 1. The highest BCUT2D eigenvalue weighted by Gasteiger charge is 2.36. The number of hydrogen-bond donors (Lipinski definition) is 1. The summed E-state index contributed by atoms with van der Waals surface area (Å²) in [6, 6.07) is 9.27. The second-order valence-corrected chi connectivity index (χ2v) is 5.16. The predicted octanol–water partition coefficient (Wildman–Crippen LogP) is 2.81. The Kier molecular flexibility index (Phi) is 2.45. The van der Waals surface area contributed by atoms with Crippen molar-refractivity contribution in [3.05, 3.63) is 59.0 Å². The van der Waals surface area contributed by atoms with Gasteiger partial charge in [0, 0.05) is 5.69 Å². The number of nitrogens with zero attached hydrogens (tertiary/aromatic N) is 2. The average molecular weight is 295 g/mol. The summed E-state index contributed by atoms with van der Waals surface area (Å²) in [7, 11) is 0. The van der Waals surface area contributed by atoms with Crippen LogP contribution in [0.2, 0.25) is 0 Å². The number of aryl methyl sites for hydroxylation is 1. The monoisotopic (exact) mass is 295 g/mol. The van der Waals surface area contributed by atoms with Crippen molar-refractivity contribution in [2.75, 3.05) is 4.90 Å². The Morgan fingerprint density at radius 2 is 1.73 bits per heavy atom. The minimum absolute atomic E-state index is 0.183. The Labute approximate surface area is 124 Å². The second-order valence-electron chi connectivity index (χ2n) is 5.16. The largest absolute Gasteiger partial charge is 0.282 e. The van der Waals surface area contributed by atoms with Gasteiger partial charge in [-0.25, -0.2) is 9.29 Å². The van der Waals surface area contributed by atoms with Gasteiger partial charge in [0.25, 0.3) is 11.8 Å². The molecule has 2 amide bonds. The molecule has 1 N–H and O–H groups in total.